The van der Waals surface area contributed by atoms with Gasteiger partial charge in [0.05, 0.1) is 6.20 Å². The maximum atomic E-state index is 4.96. The first-order valence-electron chi connectivity index (χ1n) is 10.7. The number of hydrogen-bond donors (Lipinski definition) is 1. The van der Waals surface area contributed by atoms with E-state index in [0.29, 0.717) is 5.41 Å². The van der Waals surface area contributed by atoms with Crippen LogP contribution in [-0.4, -0.2) is 46.8 Å². The van der Waals surface area contributed by atoms with Crippen molar-refractivity contribution in [2.45, 2.75) is 71.1 Å². The third kappa shape index (κ3) is 5.24. The van der Waals surface area contributed by atoms with E-state index in [-0.39, 0.29) is 0 Å². The number of aliphatic imine (C=N–C) groups is 1. The first-order valence-corrected chi connectivity index (χ1v) is 10.7. The number of hydrogen-bond acceptors (Lipinski definition) is 2. The van der Waals surface area contributed by atoms with Crippen molar-refractivity contribution in [1.82, 2.24) is 20.0 Å². The van der Waals surface area contributed by atoms with Crippen LogP contribution in [0.5, 0.6) is 0 Å². The number of aromatic nitrogens is 2. The van der Waals surface area contributed by atoms with E-state index in [2.05, 4.69) is 28.4 Å². The van der Waals surface area contributed by atoms with Crippen molar-refractivity contribution in [3.05, 3.63) is 18.0 Å². The highest BCUT2D eigenvalue weighted by molar-refractivity contribution is 5.80. The topological polar surface area (TPSA) is 45.5 Å². The van der Waals surface area contributed by atoms with E-state index in [1.54, 1.807) is 0 Å². The van der Waals surface area contributed by atoms with E-state index in [1.165, 1.54) is 63.5 Å². The average molecular weight is 360 g/mol. The summed E-state index contributed by atoms with van der Waals surface area (Å²) in [6, 6.07) is 0. The van der Waals surface area contributed by atoms with Crippen LogP contribution in [0.3, 0.4) is 0 Å². The van der Waals surface area contributed by atoms with Gasteiger partial charge in [0.2, 0.25) is 0 Å². The lowest BCUT2D eigenvalue weighted by atomic mass is 9.74. The van der Waals surface area contributed by atoms with Crippen molar-refractivity contribution in [3.63, 3.8) is 0 Å². The molecule has 1 saturated carbocycles. The monoisotopic (exact) mass is 359 g/mol. The molecule has 5 heteroatoms. The number of likely N-dealkylation sites (tertiary alicyclic amines) is 1. The zero-order valence-electron chi connectivity index (χ0n) is 16.8. The van der Waals surface area contributed by atoms with Gasteiger partial charge in [-0.05, 0) is 56.4 Å². The van der Waals surface area contributed by atoms with Gasteiger partial charge in [-0.15, -0.1) is 0 Å². The maximum absolute atomic E-state index is 4.96. The molecule has 1 N–H and O–H groups in total. The molecule has 1 aromatic rings. The summed E-state index contributed by atoms with van der Waals surface area (Å²) in [6.07, 6.45) is 17.5. The molecule has 26 heavy (non-hydrogen) atoms. The van der Waals surface area contributed by atoms with E-state index in [4.69, 9.17) is 4.99 Å². The normalized spacial score (nSPS) is 21.0. The fraction of sp³-hybridized carbons (Fsp3) is 0.810. The predicted octanol–water partition coefficient (Wildman–Crippen LogP) is 3.75. The molecule has 0 unspecified atom stereocenters. The van der Waals surface area contributed by atoms with Crippen molar-refractivity contribution >= 4 is 5.96 Å². The van der Waals surface area contributed by atoms with Crippen LogP contribution in [-0.2, 0) is 13.5 Å². The van der Waals surface area contributed by atoms with E-state index < -0.39 is 0 Å². The third-order valence-corrected chi connectivity index (χ3v) is 6.10. The summed E-state index contributed by atoms with van der Waals surface area (Å²) >= 11 is 0. The molecule has 0 radical (unpaired) electrons. The molecule has 5 nitrogen and oxygen atoms in total. The summed E-state index contributed by atoms with van der Waals surface area (Å²) in [5.74, 6) is 1.14. The van der Waals surface area contributed by atoms with Gasteiger partial charge in [-0.25, -0.2) is 0 Å². The van der Waals surface area contributed by atoms with Gasteiger partial charge >= 0.3 is 0 Å². The molecule has 1 saturated heterocycles. The zero-order valence-corrected chi connectivity index (χ0v) is 16.8. The molecule has 1 aromatic heterocycles. The largest absolute Gasteiger partial charge is 0.357 e. The minimum Gasteiger partial charge on any atom is -0.357 e. The molecule has 1 spiro atoms. The summed E-state index contributed by atoms with van der Waals surface area (Å²) < 4.78 is 1.88. The molecule has 0 atom stereocenters. The third-order valence-electron chi connectivity index (χ3n) is 6.10. The standard InChI is InChI=1S/C21H37N5/c1-3-22-20(23-14-8-10-19-16-24-25(2)17-19)26-15-9-13-21(18-26)11-6-4-5-7-12-21/h16-17H,3-15,18H2,1-2H3,(H,22,23). The minimum atomic E-state index is 0.556. The first kappa shape index (κ1) is 19.2. The Hall–Kier alpha value is -1.52. The van der Waals surface area contributed by atoms with Gasteiger partial charge < -0.3 is 10.2 Å². The second-order valence-electron chi connectivity index (χ2n) is 8.30. The molecular weight excluding hydrogens is 322 g/mol. The van der Waals surface area contributed by atoms with E-state index >= 15 is 0 Å². The molecule has 0 bridgehead atoms. The Balaban J connectivity index is 1.56. The number of nitrogens with one attached hydrogen (secondary N) is 1. The molecule has 0 amide bonds. The predicted molar refractivity (Wildman–Crippen MR) is 108 cm³/mol. The molecule has 1 aliphatic carbocycles. The van der Waals surface area contributed by atoms with Gasteiger partial charge in [-0.2, -0.15) is 5.10 Å². The van der Waals surface area contributed by atoms with Crippen LogP contribution in [0, 0.1) is 5.41 Å². The molecule has 2 heterocycles. The van der Waals surface area contributed by atoms with Crippen LogP contribution < -0.4 is 5.32 Å². The maximum Gasteiger partial charge on any atom is 0.193 e. The summed E-state index contributed by atoms with van der Waals surface area (Å²) in [5, 5.41) is 7.80. The Bertz CT molecular complexity index is 569. The fourth-order valence-corrected chi connectivity index (χ4v) is 4.77. The number of guanidine groups is 1. The van der Waals surface area contributed by atoms with Crippen LogP contribution in [0.1, 0.15) is 70.3 Å². The fourth-order valence-electron chi connectivity index (χ4n) is 4.77. The summed E-state index contributed by atoms with van der Waals surface area (Å²) in [7, 11) is 1.98. The lowest BCUT2D eigenvalue weighted by Gasteiger charge is -2.44. The SMILES string of the molecule is CCNC(=NCCCc1cnn(C)c1)N1CCCC2(CCCCCC2)C1. The smallest absolute Gasteiger partial charge is 0.193 e. The Labute approximate surface area is 159 Å². The number of nitrogens with zero attached hydrogens (tertiary/aromatic N) is 4. The summed E-state index contributed by atoms with van der Waals surface area (Å²) in [5.41, 5.74) is 1.86. The van der Waals surface area contributed by atoms with E-state index in [0.717, 1.165) is 38.4 Å². The highest BCUT2D eigenvalue weighted by Gasteiger charge is 2.36. The summed E-state index contributed by atoms with van der Waals surface area (Å²) in [6.45, 7) is 6.39. The van der Waals surface area contributed by atoms with Crippen molar-refractivity contribution in [2.75, 3.05) is 26.2 Å². The number of rotatable bonds is 5. The molecule has 146 valence electrons. The number of piperidine rings is 1. The first-order chi connectivity index (χ1) is 12.7. The van der Waals surface area contributed by atoms with Crippen molar-refractivity contribution in [2.24, 2.45) is 17.5 Å². The second-order valence-corrected chi connectivity index (χ2v) is 8.30. The van der Waals surface area contributed by atoms with Gasteiger partial charge in [0.25, 0.3) is 0 Å². The van der Waals surface area contributed by atoms with Crippen LogP contribution in [0.2, 0.25) is 0 Å². The van der Waals surface area contributed by atoms with E-state index in [9.17, 15) is 0 Å². The van der Waals surface area contributed by atoms with Gasteiger partial charge in [0.15, 0.2) is 5.96 Å². The average Bonchev–Trinajstić information content (AvgIpc) is 2.93. The van der Waals surface area contributed by atoms with Crippen LogP contribution in [0.4, 0.5) is 0 Å². The second kappa shape index (κ2) is 9.43. The molecular formula is C21H37N5. The Morgan fingerprint density at radius 2 is 1.96 bits per heavy atom. The highest BCUT2D eigenvalue weighted by Crippen LogP contribution is 2.42. The molecule has 3 rings (SSSR count). The molecule has 0 aromatic carbocycles. The van der Waals surface area contributed by atoms with Crippen molar-refractivity contribution < 1.29 is 0 Å². The quantitative estimate of drug-likeness (QED) is 0.495. The highest BCUT2D eigenvalue weighted by atomic mass is 15.3. The Kier molecular flexibility index (Phi) is 6.98. The Morgan fingerprint density at radius 3 is 2.65 bits per heavy atom. The van der Waals surface area contributed by atoms with Crippen LogP contribution in [0.25, 0.3) is 0 Å². The van der Waals surface area contributed by atoms with E-state index in [1.807, 2.05) is 17.9 Å². The minimum absolute atomic E-state index is 0.556. The summed E-state index contributed by atoms with van der Waals surface area (Å²) in [4.78, 5) is 7.52. The van der Waals surface area contributed by atoms with Gasteiger partial charge in [0, 0.05) is 39.4 Å². The lowest BCUT2D eigenvalue weighted by molar-refractivity contribution is 0.115. The number of aryl methyl sites for hydroxylation is 2. The molecule has 2 aliphatic rings. The Morgan fingerprint density at radius 1 is 1.19 bits per heavy atom. The molecule has 2 fully saturated rings. The van der Waals surface area contributed by atoms with Gasteiger partial charge in [0.1, 0.15) is 0 Å². The van der Waals surface area contributed by atoms with Gasteiger partial charge in [-0.1, -0.05) is 25.7 Å². The molecule has 1 aliphatic heterocycles. The zero-order chi connectivity index (χ0) is 18.2. The van der Waals surface area contributed by atoms with Crippen LogP contribution in [0.15, 0.2) is 17.4 Å². The van der Waals surface area contributed by atoms with Crippen molar-refractivity contribution in [1.29, 1.82) is 0 Å². The lowest BCUT2D eigenvalue weighted by Crippen LogP contribution is -2.50. The van der Waals surface area contributed by atoms with Gasteiger partial charge in [-0.3, -0.25) is 9.67 Å². The van der Waals surface area contributed by atoms with Crippen molar-refractivity contribution in [3.8, 4) is 0 Å². The van der Waals surface area contributed by atoms with Crippen LogP contribution >= 0.6 is 0 Å².